The number of rotatable bonds is 7. The van der Waals surface area contributed by atoms with Gasteiger partial charge in [-0.2, -0.15) is 0 Å². The van der Waals surface area contributed by atoms with Crippen LogP contribution in [0.1, 0.15) is 58.1 Å². The number of hydrogen-bond donors (Lipinski definition) is 0. The van der Waals surface area contributed by atoms with Crippen LogP contribution in [0.2, 0.25) is 5.02 Å². The van der Waals surface area contributed by atoms with E-state index in [1.54, 1.807) is 12.1 Å². The molecule has 124 valence electrons. The molecule has 2 aromatic rings. The second-order valence-corrected chi connectivity index (χ2v) is 6.14. The third-order valence-corrected chi connectivity index (χ3v) is 4.11. The zero-order chi connectivity index (χ0) is 16.8. The fraction of sp³-hybridized carbons (Fsp3) is 0.444. The van der Waals surface area contributed by atoms with Gasteiger partial charge < -0.3 is 0 Å². The van der Waals surface area contributed by atoms with Gasteiger partial charge in [0.25, 0.3) is 0 Å². The summed E-state index contributed by atoms with van der Waals surface area (Å²) in [7, 11) is 0. The van der Waals surface area contributed by atoms with E-state index in [9.17, 15) is 4.79 Å². The van der Waals surface area contributed by atoms with Crippen molar-refractivity contribution >= 4 is 28.5 Å². The summed E-state index contributed by atoms with van der Waals surface area (Å²) in [6.45, 7) is 5.65. The standard InChI is InChI=1S/C18H22ClNO3/c1-4-5-6-7-12(2)16-10-8-14-15(19)9-11-17(18(14)20-16)23-22-13(3)21/h8-12H,4-7H2,1-3H3. The number of aromatic nitrogens is 1. The molecule has 23 heavy (non-hydrogen) atoms. The lowest BCUT2D eigenvalue weighted by Crippen LogP contribution is -2.04. The number of pyridine rings is 1. The predicted octanol–water partition coefficient (Wildman–Crippen LogP) is 5.43. The maximum atomic E-state index is 10.9. The summed E-state index contributed by atoms with van der Waals surface area (Å²) in [5.41, 5.74) is 1.60. The van der Waals surface area contributed by atoms with Gasteiger partial charge in [0.15, 0.2) is 0 Å². The number of carbonyl (C=O) groups excluding carboxylic acids is 1. The SMILES string of the molecule is CCCCCC(C)c1ccc2c(Cl)ccc(OOC(C)=O)c2n1. The first kappa shape index (κ1) is 17.5. The van der Waals surface area contributed by atoms with Crippen molar-refractivity contribution in [3.8, 4) is 5.75 Å². The zero-order valence-electron chi connectivity index (χ0n) is 13.8. The quantitative estimate of drug-likeness (QED) is 0.384. The van der Waals surface area contributed by atoms with Crippen molar-refractivity contribution in [3.63, 3.8) is 0 Å². The summed E-state index contributed by atoms with van der Waals surface area (Å²) < 4.78 is 0. The molecule has 0 saturated carbocycles. The van der Waals surface area contributed by atoms with Crippen molar-refractivity contribution < 1.29 is 14.6 Å². The van der Waals surface area contributed by atoms with Gasteiger partial charge in [0, 0.05) is 18.0 Å². The summed E-state index contributed by atoms with van der Waals surface area (Å²) in [6, 6.07) is 7.30. The van der Waals surface area contributed by atoms with Crippen LogP contribution < -0.4 is 4.89 Å². The number of hydrogen-bond acceptors (Lipinski definition) is 4. The Morgan fingerprint density at radius 2 is 2.04 bits per heavy atom. The molecule has 0 aliphatic carbocycles. The molecule has 5 heteroatoms. The lowest BCUT2D eigenvalue weighted by atomic mass is 9.98. The summed E-state index contributed by atoms with van der Waals surface area (Å²) >= 11 is 6.22. The van der Waals surface area contributed by atoms with Crippen molar-refractivity contribution in [1.82, 2.24) is 4.98 Å². The maximum Gasteiger partial charge on any atom is 0.352 e. The van der Waals surface area contributed by atoms with Crippen LogP contribution >= 0.6 is 11.6 Å². The van der Waals surface area contributed by atoms with Gasteiger partial charge in [-0.1, -0.05) is 44.7 Å². The summed E-state index contributed by atoms with van der Waals surface area (Å²) in [4.78, 5) is 25.4. The van der Waals surface area contributed by atoms with Gasteiger partial charge in [0.2, 0.25) is 5.75 Å². The number of benzene rings is 1. The van der Waals surface area contributed by atoms with Gasteiger partial charge >= 0.3 is 5.97 Å². The molecule has 1 aromatic carbocycles. The van der Waals surface area contributed by atoms with E-state index in [1.165, 1.54) is 26.2 Å². The number of nitrogens with zero attached hydrogens (tertiary/aromatic N) is 1. The van der Waals surface area contributed by atoms with E-state index in [1.807, 2.05) is 12.1 Å². The molecule has 0 spiro atoms. The number of halogens is 1. The second-order valence-electron chi connectivity index (χ2n) is 5.73. The van der Waals surface area contributed by atoms with E-state index < -0.39 is 5.97 Å². The first-order valence-electron chi connectivity index (χ1n) is 7.97. The Bertz CT molecular complexity index is 687. The smallest absolute Gasteiger partial charge is 0.285 e. The largest absolute Gasteiger partial charge is 0.352 e. The summed E-state index contributed by atoms with van der Waals surface area (Å²) in [5.74, 6) is 0.228. The van der Waals surface area contributed by atoms with Crippen molar-refractivity contribution in [2.24, 2.45) is 0 Å². The van der Waals surface area contributed by atoms with E-state index in [4.69, 9.17) is 21.5 Å². The van der Waals surface area contributed by atoms with E-state index in [0.29, 0.717) is 22.2 Å². The average molecular weight is 336 g/mol. The zero-order valence-corrected chi connectivity index (χ0v) is 14.5. The molecule has 0 amide bonds. The Labute approximate surface area is 141 Å². The van der Waals surface area contributed by atoms with Crippen molar-refractivity contribution in [3.05, 3.63) is 35.0 Å². The summed E-state index contributed by atoms with van der Waals surface area (Å²) in [5, 5.41) is 1.37. The average Bonchev–Trinajstić information content (AvgIpc) is 2.54. The molecule has 1 unspecified atom stereocenters. The van der Waals surface area contributed by atoms with E-state index >= 15 is 0 Å². The highest BCUT2D eigenvalue weighted by molar-refractivity contribution is 6.35. The second kappa shape index (κ2) is 8.16. The van der Waals surface area contributed by atoms with Gasteiger partial charge in [-0.15, -0.1) is 0 Å². The molecule has 0 fully saturated rings. The van der Waals surface area contributed by atoms with Crippen LogP contribution in [-0.4, -0.2) is 11.0 Å². The highest BCUT2D eigenvalue weighted by Gasteiger charge is 2.13. The molecule has 0 saturated heterocycles. The van der Waals surface area contributed by atoms with Crippen molar-refractivity contribution in [1.29, 1.82) is 0 Å². The number of unbranched alkanes of at least 4 members (excludes halogenated alkanes) is 2. The number of fused-ring (bicyclic) bond motifs is 1. The van der Waals surface area contributed by atoms with Gasteiger partial charge in [0.1, 0.15) is 5.52 Å². The van der Waals surface area contributed by atoms with Crippen LogP contribution in [0, 0.1) is 0 Å². The van der Waals surface area contributed by atoms with E-state index in [0.717, 1.165) is 17.5 Å². The van der Waals surface area contributed by atoms with Crippen LogP contribution in [0.3, 0.4) is 0 Å². The van der Waals surface area contributed by atoms with Gasteiger partial charge in [0.05, 0.1) is 5.02 Å². The maximum absolute atomic E-state index is 10.9. The molecule has 1 aromatic heterocycles. The molecule has 1 atom stereocenters. The first-order valence-corrected chi connectivity index (χ1v) is 8.35. The van der Waals surface area contributed by atoms with Gasteiger partial charge in [-0.05, 0) is 36.6 Å². The molecule has 0 N–H and O–H groups in total. The van der Waals surface area contributed by atoms with Crippen LogP contribution in [0.15, 0.2) is 24.3 Å². The molecule has 0 radical (unpaired) electrons. The third-order valence-electron chi connectivity index (χ3n) is 3.78. The predicted molar refractivity (Wildman–Crippen MR) is 91.7 cm³/mol. The fourth-order valence-electron chi connectivity index (χ4n) is 2.47. The van der Waals surface area contributed by atoms with Gasteiger partial charge in [-0.25, -0.2) is 9.78 Å². The van der Waals surface area contributed by atoms with Crippen molar-refractivity contribution in [2.75, 3.05) is 0 Å². The fourth-order valence-corrected chi connectivity index (χ4v) is 2.68. The first-order chi connectivity index (χ1) is 11.0. The topological polar surface area (TPSA) is 48.4 Å². The Balaban J connectivity index is 2.31. The molecule has 2 rings (SSSR count). The molecule has 0 aliphatic rings. The highest BCUT2D eigenvalue weighted by Crippen LogP contribution is 2.32. The Morgan fingerprint density at radius 3 is 2.74 bits per heavy atom. The van der Waals surface area contributed by atoms with E-state index in [2.05, 4.69) is 18.7 Å². The Morgan fingerprint density at radius 1 is 1.26 bits per heavy atom. The monoisotopic (exact) mass is 335 g/mol. The Hall–Kier alpha value is -1.81. The molecular weight excluding hydrogens is 314 g/mol. The normalized spacial score (nSPS) is 12.2. The van der Waals surface area contributed by atoms with Crippen LogP contribution in [0.5, 0.6) is 5.75 Å². The summed E-state index contributed by atoms with van der Waals surface area (Å²) in [6.07, 6.45) is 4.70. The minimum absolute atomic E-state index is 0.353. The van der Waals surface area contributed by atoms with Crippen LogP contribution in [0.4, 0.5) is 0 Å². The lowest BCUT2D eigenvalue weighted by molar-refractivity contribution is -0.210. The van der Waals surface area contributed by atoms with Crippen molar-refractivity contribution in [2.45, 2.75) is 52.4 Å². The lowest BCUT2D eigenvalue weighted by Gasteiger charge is -2.13. The van der Waals surface area contributed by atoms with Crippen LogP contribution in [0.25, 0.3) is 10.9 Å². The third kappa shape index (κ3) is 4.58. The molecular formula is C18H22ClNO3. The minimum atomic E-state index is -0.516. The highest BCUT2D eigenvalue weighted by atomic mass is 35.5. The van der Waals surface area contributed by atoms with Gasteiger partial charge in [-0.3, -0.25) is 9.78 Å². The minimum Gasteiger partial charge on any atom is -0.285 e. The number of carbonyl (C=O) groups is 1. The van der Waals surface area contributed by atoms with E-state index in [-0.39, 0.29) is 0 Å². The Kier molecular flexibility index (Phi) is 6.22. The molecule has 1 heterocycles. The molecule has 0 bridgehead atoms. The van der Waals surface area contributed by atoms with Crippen LogP contribution in [-0.2, 0) is 9.68 Å². The molecule has 0 aliphatic heterocycles. The molecule has 4 nitrogen and oxygen atoms in total.